The van der Waals surface area contributed by atoms with Crippen LogP contribution in [0.15, 0.2) is 10.4 Å². The van der Waals surface area contributed by atoms with Gasteiger partial charge in [0.25, 0.3) is 0 Å². The first-order valence-electron chi connectivity index (χ1n) is 4.00. The van der Waals surface area contributed by atoms with Gasteiger partial charge in [-0.15, -0.1) is 0 Å². The Morgan fingerprint density at radius 2 is 2.21 bits per heavy atom. The average molecular weight is 198 g/mol. The summed E-state index contributed by atoms with van der Waals surface area (Å²) >= 11 is 0. The molecule has 0 spiro atoms. The van der Waals surface area contributed by atoms with Crippen LogP contribution in [0, 0.1) is 0 Å². The van der Waals surface area contributed by atoms with E-state index in [1.807, 2.05) is 0 Å². The van der Waals surface area contributed by atoms with Crippen molar-refractivity contribution in [2.45, 2.75) is 20.4 Å². The number of aryl methyl sites for hydroxylation is 1. The van der Waals surface area contributed by atoms with Crippen molar-refractivity contribution in [3.05, 3.63) is 16.1 Å². The van der Waals surface area contributed by atoms with Crippen LogP contribution in [-0.4, -0.2) is 30.9 Å². The van der Waals surface area contributed by atoms with Crippen LogP contribution in [0.2, 0.25) is 0 Å². The molecule has 0 fully saturated rings. The second-order valence-electron chi connectivity index (χ2n) is 2.64. The van der Waals surface area contributed by atoms with E-state index in [-0.39, 0.29) is 5.57 Å². The van der Waals surface area contributed by atoms with Gasteiger partial charge in [0.1, 0.15) is 0 Å². The minimum atomic E-state index is -1.09. The summed E-state index contributed by atoms with van der Waals surface area (Å²) in [5.41, 5.74) is -0.427. The van der Waals surface area contributed by atoms with Gasteiger partial charge in [-0.2, -0.15) is 9.36 Å². The first-order valence-corrected chi connectivity index (χ1v) is 4.00. The molecular formula is C7H10N4O3. The quantitative estimate of drug-likeness (QED) is 0.655. The molecule has 76 valence electrons. The maximum Gasteiger partial charge on any atom is 0.367 e. The SMILES string of the molecule is CCn1nnn(C=C(C)C(=O)O)c1=O. The molecule has 0 unspecified atom stereocenters. The predicted molar refractivity (Wildman–Crippen MR) is 47.5 cm³/mol. The van der Waals surface area contributed by atoms with E-state index in [1.165, 1.54) is 6.92 Å². The lowest BCUT2D eigenvalue weighted by molar-refractivity contribution is -0.132. The van der Waals surface area contributed by atoms with E-state index in [0.717, 1.165) is 15.6 Å². The molecule has 1 aromatic heterocycles. The van der Waals surface area contributed by atoms with Gasteiger partial charge in [0, 0.05) is 12.7 Å². The van der Waals surface area contributed by atoms with Gasteiger partial charge in [-0.05, 0) is 24.3 Å². The van der Waals surface area contributed by atoms with Crippen LogP contribution in [0.5, 0.6) is 0 Å². The fraction of sp³-hybridized carbons (Fsp3) is 0.429. The number of carboxylic acids is 1. The van der Waals surface area contributed by atoms with E-state index < -0.39 is 11.7 Å². The highest BCUT2D eigenvalue weighted by molar-refractivity contribution is 5.89. The van der Waals surface area contributed by atoms with E-state index >= 15 is 0 Å². The molecule has 1 heterocycles. The standard InChI is InChI=1S/C7H10N4O3/c1-3-10-7(14)11(9-8-10)4-5(2)6(12)13/h4H,3H2,1-2H3,(H,12,13). The van der Waals surface area contributed by atoms with Crippen LogP contribution in [0.25, 0.3) is 6.20 Å². The number of carbonyl (C=O) groups is 1. The van der Waals surface area contributed by atoms with Gasteiger partial charge in [0.05, 0.1) is 5.57 Å². The number of nitrogens with zero attached hydrogens (tertiary/aromatic N) is 4. The Hall–Kier alpha value is -1.92. The Morgan fingerprint density at radius 3 is 2.64 bits per heavy atom. The van der Waals surface area contributed by atoms with Crippen molar-refractivity contribution in [1.29, 1.82) is 0 Å². The summed E-state index contributed by atoms with van der Waals surface area (Å²) in [7, 11) is 0. The fourth-order valence-corrected chi connectivity index (χ4v) is 0.804. The molecule has 14 heavy (non-hydrogen) atoms. The molecule has 7 heteroatoms. The van der Waals surface area contributed by atoms with Crippen LogP contribution in [0.4, 0.5) is 0 Å². The Kier molecular flexibility index (Phi) is 2.80. The van der Waals surface area contributed by atoms with Crippen LogP contribution in [-0.2, 0) is 11.3 Å². The molecule has 0 aliphatic heterocycles. The second-order valence-corrected chi connectivity index (χ2v) is 2.64. The van der Waals surface area contributed by atoms with Crippen molar-refractivity contribution >= 4 is 12.2 Å². The molecule has 1 rings (SSSR count). The molecular weight excluding hydrogens is 188 g/mol. The lowest BCUT2D eigenvalue weighted by Crippen LogP contribution is -2.22. The zero-order valence-electron chi connectivity index (χ0n) is 7.84. The van der Waals surface area contributed by atoms with Crippen LogP contribution < -0.4 is 5.69 Å². The second kappa shape index (κ2) is 3.86. The highest BCUT2D eigenvalue weighted by atomic mass is 16.4. The highest BCUT2D eigenvalue weighted by Crippen LogP contribution is 1.92. The van der Waals surface area contributed by atoms with Crippen molar-refractivity contribution in [2.24, 2.45) is 0 Å². The van der Waals surface area contributed by atoms with Crippen molar-refractivity contribution in [3.63, 3.8) is 0 Å². The maximum atomic E-state index is 11.3. The predicted octanol–water partition coefficient (Wildman–Crippen LogP) is -0.595. The lowest BCUT2D eigenvalue weighted by Gasteiger charge is -1.91. The normalized spacial score (nSPS) is 11.7. The van der Waals surface area contributed by atoms with E-state index in [9.17, 15) is 9.59 Å². The molecule has 1 aromatic rings. The monoisotopic (exact) mass is 198 g/mol. The largest absolute Gasteiger partial charge is 0.478 e. The molecule has 0 saturated heterocycles. The van der Waals surface area contributed by atoms with Gasteiger partial charge in [-0.25, -0.2) is 9.59 Å². The Labute approximate surface area is 79.2 Å². The number of hydrogen-bond acceptors (Lipinski definition) is 4. The number of aliphatic carboxylic acids is 1. The summed E-state index contributed by atoms with van der Waals surface area (Å²) in [6.07, 6.45) is 1.13. The average Bonchev–Trinajstić information content (AvgIpc) is 2.47. The third-order valence-electron chi connectivity index (χ3n) is 1.61. The molecule has 0 amide bonds. The number of carboxylic acid groups (broad SMARTS) is 1. The van der Waals surface area contributed by atoms with E-state index in [2.05, 4.69) is 10.4 Å². The van der Waals surface area contributed by atoms with E-state index in [1.54, 1.807) is 6.92 Å². The molecule has 0 radical (unpaired) electrons. The molecule has 0 aliphatic carbocycles. The molecule has 0 aliphatic rings. The van der Waals surface area contributed by atoms with Crippen LogP contribution >= 0.6 is 0 Å². The summed E-state index contributed by atoms with van der Waals surface area (Å²) in [4.78, 5) is 21.8. The van der Waals surface area contributed by atoms with Gasteiger partial charge in [-0.3, -0.25) is 0 Å². The molecule has 0 saturated carbocycles. The molecule has 1 N–H and O–H groups in total. The maximum absolute atomic E-state index is 11.3. The van der Waals surface area contributed by atoms with Crippen molar-refractivity contribution < 1.29 is 9.90 Å². The highest BCUT2D eigenvalue weighted by Gasteiger charge is 2.05. The summed E-state index contributed by atoms with van der Waals surface area (Å²) in [5, 5.41) is 15.6. The molecule has 0 atom stereocenters. The minimum absolute atomic E-state index is 0.0234. The van der Waals surface area contributed by atoms with E-state index in [4.69, 9.17) is 5.11 Å². The fourth-order valence-electron chi connectivity index (χ4n) is 0.804. The smallest absolute Gasteiger partial charge is 0.367 e. The summed E-state index contributed by atoms with van der Waals surface area (Å²) < 4.78 is 2.03. The van der Waals surface area contributed by atoms with Gasteiger partial charge < -0.3 is 5.11 Å². The first kappa shape index (κ1) is 10.2. The summed E-state index contributed by atoms with van der Waals surface area (Å²) in [5.74, 6) is -1.09. The molecule has 0 aromatic carbocycles. The minimum Gasteiger partial charge on any atom is -0.478 e. The Bertz CT molecular complexity index is 428. The zero-order chi connectivity index (χ0) is 10.7. The van der Waals surface area contributed by atoms with Gasteiger partial charge in [0.2, 0.25) is 0 Å². The topological polar surface area (TPSA) is 90.0 Å². The summed E-state index contributed by atoms with van der Waals surface area (Å²) in [6, 6.07) is 0. The van der Waals surface area contributed by atoms with E-state index in [0.29, 0.717) is 6.54 Å². The first-order chi connectivity index (χ1) is 6.56. The van der Waals surface area contributed by atoms with Gasteiger partial charge >= 0.3 is 11.7 Å². The number of rotatable bonds is 3. The molecule has 7 nitrogen and oxygen atoms in total. The van der Waals surface area contributed by atoms with Crippen LogP contribution in [0.3, 0.4) is 0 Å². The number of tetrazole rings is 1. The zero-order valence-corrected chi connectivity index (χ0v) is 7.84. The van der Waals surface area contributed by atoms with Crippen molar-refractivity contribution in [2.75, 3.05) is 0 Å². The number of aromatic nitrogens is 4. The number of hydrogen-bond donors (Lipinski definition) is 1. The van der Waals surface area contributed by atoms with Crippen molar-refractivity contribution in [1.82, 2.24) is 19.8 Å². The summed E-state index contributed by atoms with van der Waals surface area (Å²) in [6.45, 7) is 3.52. The van der Waals surface area contributed by atoms with Crippen LogP contribution in [0.1, 0.15) is 13.8 Å². The lowest BCUT2D eigenvalue weighted by atomic mass is 10.3. The Balaban J connectivity index is 3.10. The van der Waals surface area contributed by atoms with Gasteiger partial charge in [0.15, 0.2) is 0 Å². The van der Waals surface area contributed by atoms with Crippen molar-refractivity contribution in [3.8, 4) is 0 Å². The third kappa shape index (κ3) is 1.87. The molecule has 0 bridgehead atoms. The van der Waals surface area contributed by atoms with Gasteiger partial charge in [-0.1, -0.05) is 0 Å². The Morgan fingerprint density at radius 1 is 1.57 bits per heavy atom. The third-order valence-corrected chi connectivity index (χ3v) is 1.61.